The van der Waals surface area contributed by atoms with Crippen LogP contribution >= 0.6 is 43.5 Å². The first kappa shape index (κ1) is 24.1. The summed E-state index contributed by atoms with van der Waals surface area (Å²) in [6, 6.07) is 10.4. The summed E-state index contributed by atoms with van der Waals surface area (Å²) in [5.41, 5.74) is 7.24. The molecule has 2 heterocycles. The summed E-state index contributed by atoms with van der Waals surface area (Å²) in [6.45, 7) is 1.74. The van der Waals surface area contributed by atoms with Crippen molar-refractivity contribution >= 4 is 72.5 Å². The highest BCUT2D eigenvalue weighted by atomic mass is 79.9. The molecule has 3 aliphatic rings. The summed E-state index contributed by atoms with van der Waals surface area (Å²) in [5, 5.41) is 3.21. The monoisotopic (exact) mass is 619 g/mol. The molecule has 5 rings (SSSR count). The number of ketones is 1. The number of esters is 1. The van der Waals surface area contributed by atoms with Gasteiger partial charge < -0.3 is 15.8 Å². The van der Waals surface area contributed by atoms with Crippen molar-refractivity contribution in [1.29, 1.82) is 0 Å². The topological polar surface area (TPSA) is 102 Å². The van der Waals surface area contributed by atoms with Crippen LogP contribution in [0.15, 0.2) is 68.0 Å². The van der Waals surface area contributed by atoms with Gasteiger partial charge in [0.05, 0.1) is 12.3 Å². The number of allylic oxidation sites excluding steroid dienone is 1. The first-order valence-electron chi connectivity index (χ1n) is 11.0. The molecule has 7 nitrogen and oxygen atoms in total. The van der Waals surface area contributed by atoms with Gasteiger partial charge in [-0.15, -0.1) is 0 Å². The standard InChI is InChI=1S/C25H20Br2ClN3O4/c1-2-35-23(33)21-22(29)31(17-9-6-12(26)10-15(17)27)18-4-3-5-19(32)20(18)25(21)14-11-13(28)7-8-16(14)30-24(25)34/h6-11H,2-5,29H2,1H3,(H,30,34). The summed E-state index contributed by atoms with van der Waals surface area (Å²) < 4.78 is 6.94. The van der Waals surface area contributed by atoms with Gasteiger partial charge in [-0.05, 0) is 72.1 Å². The Labute approximate surface area is 223 Å². The van der Waals surface area contributed by atoms with Crippen LogP contribution in [0.5, 0.6) is 0 Å². The lowest BCUT2D eigenvalue weighted by molar-refractivity contribution is -0.140. The Kier molecular flexibility index (Phi) is 6.05. The van der Waals surface area contributed by atoms with Gasteiger partial charge in [0, 0.05) is 42.9 Å². The molecule has 0 saturated carbocycles. The van der Waals surface area contributed by atoms with Crippen LogP contribution in [0.2, 0.25) is 5.02 Å². The largest absolute Gasteiger partial charge is 0.462 e. The molecule has 0 aromatic heterocycles. The molecule has 3 N–H and O–H groups in total. The van der Waals surface area contributed by atoms with E-state index in [4.69, 9.17) is 22.1 Å². The van der Waals surface area contributed by atoms with E-state index in [0.29, 0.717) is 45.0 Å². The van der Waals surface area contributed by atoms with Crippen molar-refractivity contribution in [2.24, 2.45) is 5.73 Å². The Morgan fingerprint density at radius 2 is 1.97 bits per heavy atom. The van der Waals surface area contributed by atoms with E-state index in [9.17, 15) is 14.4 Å². The van der Waals surface area contributed by atoms with Crippen LogP contribution in [0, 0.1) is 0 Å². The number of benzene rings is 2. The second-order valence-corrected chi connectivity index (χ2v) is 10.6. The zero-order valence-corrected chi connectivity index (χ0v) is 22.5. The molecular weight excluding hydrogens is 602 g/mol. The molecule has 1 amide bonds. The van der Waals surface area contributed by atoms with Crippen LogP contribution in [0.3, 0.4) is 0 Å². The minimum absolute atomic E-state index is 0.0305. The van der Waals surface area contributed by atoms with E-state index in [0.717, 1.165) is 4.47 Å². The third-order valence-corrected chi connectivity index (χ3v) is 7.87. The highest BCUT2D eigenvalue weighted by molar-refractivity contribution is 9.11. The van der Waals surface area contributed by atoms with E-state index >= 15 is 0 Å². The fraction of sp³-hybridized carbons (Fsp3) is 0.240. The quantitative estimate of drug-likeness (QED) is 0.451. The van der Waals surface area contributed by atoms with Crippen LogP contribution in [0.1, 0.15) is 31.7 Å². The normalized spacial score (nSPS) is 21.3. The first-order valence-corrected chi connectivity index (χ1v) is 13.0. The fourth-order valence-corrected chi connectivity index (χ4v) is 6.62. The van der Waals surface area contributed by atoms with Crippen molar-refractivity contribution in [1.82, 2.24) is 0 Å². The number of hydrogen-bond donors (Lipinski definition) is 2. The smallest absolute Gasteiger partial charge is 0.339 e. The molecule has 0 radical (unpaired) electrons. The van der Waals surface area contributed by atoms with Crippen molar-refractivity contribution in [3.8, 4) is 0 Å². The molecule has 0 bridgehead atoms. The maximum Gasteiger partial charge on any atom is 0.339 e. The molecule has 35 heavy (non-hydrogen) atoms. The Morgan fingerprint density at radius 3 is 2.69 bits per heavy atom. The number of nitrogens with two attached hydrogens (primary N) is 1. The van der Waals surface area contributed by atoms with Crippen LogP contribution in [0.25, 0.3) is 0 Å². The number of carbonyl (C=O) groups is 3. The molecule has 2 aromatic rings. The van der Waals surface area contributed by atoms with E-state index in [-0.39, 0.29) is 35.8 Å². The lowest BCUT2D eigenvalue weighted by Gasteiger charge is -2.44. The number of nitrogens with zero attached hydrogens (tertiary/aromatic N) is 1. The molecule has 10 heteroatoms. The van der Waals surface area contributed by atoms with E-state index in [1.165, 1.54) is 0 Å². The number of nitrogens with one attached hydrogen (secondary N) is 1. The van der Waals surface area contributed by atoms with Gasteiger partial charge in [0.25, 0.3) is 0 Å². The first-order chi connectivity index (χ1) is 16.7. The highest BCUT2D eigenvalue weighted by Crippen LogP contribution is 2.56. The minimum Gasteiger partial charge on any atom is -0.462 e. The van der Waals surface area contributed by atoms with Gasteiger partial charge in [-0.25, -0.2) is 4.79 Å². The Bertz CT molecular complexity index is 1390. The number of ether oxygens (including phenoxy) is 1. The molecule has 1 atom stereocenters. The van der Waals surface area contributed by atoms with Gasteiger partial charge in [0.2, 0.25) is 5.91 Å². The molecule has 2 aromatic carbocycles. The average Bonchev–Trinajstić information content (AvgIpc) is 3.07. The molecule has 1 spiro atoms. The maximum atomic E-state index is 13.9. The van der Waals surface area contributed by atoms with Gasteiger partial charge in [0.15, 0.2) is 5.78 Å². The molecule has 1 aliphatic carbocycles. The van der Waals surface area contributed by atoms with Gasteiger partial charge in [-0.3, -0.25) is 14.5 Å². The Hall–Kier alpha value is -2.62. The Morgan fingerprint density at radius 1 is 1.20 bits per heavy atom. The van der Waals surface area contributed by atoms with Crippen molar-refractivity contribution in [2.75, 3.05) is 16.8 Å². The molecule has 2 aliphatic heterocycles. The van der Waals surface area contributed by atoms with Crippen LogP contribution in [-0.2, 0) is 24.5 Å². The molecule has 0 fully saturated rings. The Balaban J connectivity index is 1.92. The van der Waals surface area contributed by atoms with Crippen LogP contribution in [-0.4, -0.2) is 24.3 Å². The van der Waals surface area contributed by atoms with E-state index in [1.54, 1.807) is 30.0 Å². The zero-order chi connectivity index (χ0) is 25.1. The van der Waals surface area contributed by atoms with Gasteiger partial charge in [-0.1, -0.05) is 27.5 Å². The SMILES string of the molecule is CCOC(=O)C1=C(N)N(c2ccc(Br)cc2Br)C2=C(C(=O)CCC2)C12C(=O)Nc1ccc(Cl)cc12. The number of Topliss-reactive ketones (excluding diaryl/α,β-unsaturated/α-hetero) is 1. The third-order valence-electron chi connectivity index (χ3n) is 6.51. The van der Waals surface area contributed by atoms with Crippen molar-refractivity contribution in [2.45, 2.75) is 31.6 Å². The molecule has 180 valence electrons. The molecule has 0 saturated heterocycles. The third kappa shape index (κ3) is 3.47. The van der Waals surface area contributed by atoms with Crippen LogP contribution in [0.4, 0.5) is 11.4 Å². The molecular formula is C25H20Br2ClN3O4. The molecule has 1 unspecified atom stereocenters. The predicted molar refractivity (Wildman–Crippen MR) is 140 cm³/mol. The predicted octanol–water partition coefficient (Wildman–Crippen LogP) is 5.32. The lowest BCUT2D eigenvalue weighted by atomic mass is 9.63. The number of anilines is 2. The van der Waals surface area contributed by atoms with Gasteiger partial charge >= 0.3 is 5.97 Å². The summed E-state index contributed by atoms with van der Waals surface area (Å²) >= 11 is 13.4. The van der Waals surface area contributed by atoms with Crippen molar-refractivity contribution in [3.63, 3.8) is 0 Å². The number of amides is 1. The summed E-state index contributed by atoms with van der Waals surface area (Å²) in [4.78, 5) is 42.8. The second kappa shape index (κ2) is 8.80. The summed E-state index contributed by atoms with van der Waals surface area (Å²) in [5.74, 6) is -1.49. The van der Waals surface area contributed by atoms with Gasteiger partial charge in [0.1, 0.15) is 16.8 Å². The van der Waals surface area contributed by atoms with Crippen molar-refractivity contribution < 1.29 is 19.1 Å². The summed E-state index contributed by atoms with van der Waals surface area (Å²) in [7, 11) is 0. The fourth-order valence-electron chi connectivity index (χ4n) is 5.22. The van der Waals surface area contributed by atoms with Gasteiger partial charge in [-0.2, -0.15) is 0 Å². The highest BCUT2D eigenvalue weighted by Gasteiger charge is 2.62. The zero-order valence-electron chi connectivity index (χ0n) is 18.6. The summed E-state index contributed by atoms with van der Waals surface area (Å²) in [6.07, 6.45) is 1.32. The maximum absolute atomic E-state index is 13.9. The number of halogens is 3. The number of carbonyl (C=O) groups excluding carboxylic acids is 3. The van der Waals surface area contributed by atoms with E-state index in [2.05, 4.69) is 37.2 Å². The number of fused-ring (bicyclic) bond motifs is 3. The average molecular weight is 622 g/mol. The van der Waals surface area contributed by atoms with E-state index < -0.39 is 17.3 Å². The number of rotatable bonds is 3. The number of hydrogen-bond acceptors (Lipinski definition) is 6. The van der Waals surface area contributed by atoms with Crippen molar-refractivity contribution in [3.05, 3.63) is 78.6 Å². The minimum atomic E-state index is -1.76. The lowest BCUT2D eigenvalue weighted by Crippen LogP contribution is -2.53. The van der Waals surface area contributed by atoms with Crippen LogP contribution < -0.4 is 16.0 Å². The second-order valence-electron chi connectivity index (χ2n) is 8.40. The van der Waals surface area contributed by atoms with E-state index in [1.807, 2.05) is 18.2 Å².